The third-order valence-corrected chi connectivity index (χ3v) is 4.40. The molecule has 0 aliphatic heterocycles. The van der Waals surface area contributed by atoms with E-state index in [1.807, 2.05) is 27.7 Å². The fourth-order valence-electron chi connectivity index (χ4n) is 3.12. The molecule has 33 heavy (non-hydrogen) atoms. The summed E-state index contributed by atoms with van der Waals surface area (Å²) in [6, 6.07) is 6.77. The quantitative estimate of drug-likeness (QED) is 0.465. The summed E-state index contributed by atoms with van der Waals surface area (Å²) < 4.78 is 5.31. The lowest BCUT2D eigenvalue weighted by Crippen LogP contribution is -2.52. The number of carbonyl (C=O) groups excluding carboxylic acids is 3. The number of terminal acetylenes is 2. The average molecular weight is 454 g/mol. The van der Waals surface area contributed by atoms with E-state index in [4.69, 9.17) is 17.6 Å². The minimum atomic E-state index is -1.10. The summed E-state index contributed by atoms with van der Waals surface area (Å²) in [6.45, 7) is 12.6. The van der Waals surface area contributed by atoms with Gasteiger partial charge in [-0.3, -0.25) is 14.5 Å². The van der Waals surface area contributed by atoms with Gasteiger partial charge >= 0.3 is 6.09 Å². The van der Waals surface area contributed by atoms with Gasteiger partial charge in [0.2, 0.25) is 5.91 Å². The molecule has 1 aromatic rings. The highest BCUT2D eigenvalue weighted by Crippen LogP contribution is 2.24. The maximum Gasteiger partial charge on any atom is 0.408 e. The molecule has 3 amide bonds. The van der Waals surface area contributed by atoms with Gasteiger partial charge in [0, 0.05) is 17.6 Å². The molecule has 2 unspecified atom stereocenters. The lowest BCUT2D eigenvalue weighted by molar-refractivity contribution is -0.139. The van der Waals surface area contributed by atoms with Crippen molar-refractivity contribution in [3.05, 3.63) is 35.4 Å². The second-order valence-corrected chi connectivity index (χ2v) is 9.50. The zero-order chi connectivity index (χ0) is 25.3. The summed E-state index contributed by atoms with van der Waals surface area (Å²) in [5, 5.41) is 5.43. The fourth-order valence-corrected chi connectivity index (χ4v) is 3.12. The first-order chi connectivity index (χ1) is 15.3. The number of amides is 3. The molecule has 2 N–H and O–H groups in total. The number of hydrogen-bond acceptors (Lipinski definition) is 4. The van der Waals surface area contributed by atoms with Gasteiger partial charge in [-0.2, -0.15) is 0 Å². The van der Waals surface area contributed by atoms with E-state index in [9.17, 15) is 14.4 Å². The van der Waals surface area contributed by atoms with Crippen molar-refractivity contribution in [2.24, 2.45) is 5.92 Å². The number of ether oxygens (including phenoxy) is 1. The molecule has 2 atom stereocenters. The molecule has 0 aliphatic carbocycles. The zero-order valence-corrected chi connectivity index (χ0v) is 20.6. The Kier molecular flexibility index (Phi) is 10.0. The van der Waals surface area contributed by atoms with Crippen LogP contribution in [0.1, 0.15) is 72.1 Å². The van der Waals surface area contributed by atoms with Crippen molar-refractivity contribution in [1.29, 1.82) is 0 Å². The first-order valence-corrected chi connectivity index (χ1v) is 10.9. The van der Waals surface area contributed by atoms with Crippen molar-refractivity contribution in [1.82, 2.24) is 15.5 Å². The standard InChI is InChI=1S/C26H35N3O4/c1-10-19-12-14-20(15-13-19)22(23(30)27-18(5)6)29(11-2)24(31)21(16-17(3)4)28-25(32)33-26(7,8)9/h1-2,12-15,17-18,21-22H,16H2,3-9H3,(H,27,30)(H,28,32). The molecule has 0 saturated heterocycles. The maximum absolute atomic E-state index is 13.5. The topological polar surface area (TPSA) is 87.7 Å². The van der Waals surface area contributed by atoms with Crippen molar-refractivity contribution in [2.75, 3.05) is 0 Å². The Labute approximate surface area is 197 Å². The number of rotatable bonds is 8. The van der Waals surface area contributed by atoms with Crippen LogP contribution in [0.25, 0.3) is 0 Å². The van der Waals surface area contributed by atoms with Crippen LogP contribution in [-0.2, 0) is 14.3 Å². The molecule has 1 aromatic carbocycles. The van der Waals surface area contributed by atoms with Crippen LogP contribution in [0.2, 0.25) is 0 Å². The minimum absolute atomic E-state index is 0.0614. The molecular weight excluding hydrogens is 418 g/mol. The minimum Gasteiger partial charge on any atom is -0.444 e. The van der Waals surface area contributed by atoms with Crippen LogP contribution < -0.4 is 10.6 Å². The number of carbonyl (C=O) groups is 3. The molecule has 0 spiro atoms. The molecule has 0 bridgehead atoms. The van der Waals surface area contributed by atoms with E-state index in [0.717, 1.165) is 4.90 Å². The predicted octanol–water partition coefficient (Wildman–Crippen LogP) is 3.59. The zero-order valence-electron chi connectivity index (χ0n) is 20.6. The summed E-state index contributed by atoms with van der Waals surface area (Å²) in [6.07, 6.45) is 10.7. The SMILES string of the molecule is C#Cc1ccc(C(C(=O)NC(C)C)N(C#C)C(=O)C(CC(C)C)NC(=O)OC(C)(C)C)cc1. The summed E-state index contributed by atoms with van der Waals surface area (Å²) in [7, 11) is 0. The molecule has 1 rings (SSSR count). The van der Waals surface area contributed by atoms with Gasteiger partial charge in [0.1, 0.15) is 17.7 Å². The van der Waals surface area contributed by atoms with Gasteiger partial charge in [0.25, 0.3) is 5.91 Å². The van der Waals surface area contributed by atoms with Gasteiger partial charge in [-0.15, -0.1) is 6.42 Å². The molecule has 0 aromatic heterocycles. The largest absolute Gasteiger partial charge is 0.444 e. The molecule has 178 valence electrons. The second-order valence-electron chi connectivity index (χ2n) is 9.50. The third-order valence-electron chi connectivity index (χ3n) is 4.40. The van der Waals surface area contributed by atoms with E-state index >= 15 is 0 Å². The van der Waals surface area contributed by atoms with Crippen LogP contribution >= 0.6 is 0 Å². The van der Waals surface area contributed by atoms with Gasteiger partial charge in [-0.05, 0) is 64.7 Å². The monoisotopic (exact) mass is 453 g/mol. The van der Waals surface area contributed by atoms with E-state index in [2.05, 4.69) is 22.6 Å². The van der Waals surface area contributed by atoms with Gasteiger partial charge in [-0.25, -0.2) is 4.79 Å². The van der Waals surface area contributed by atoms with Gasteiger partial charge < -0.3 is 15.4 Å². The maximum atomic E-state index is 13.5. The van der Waals surface area contributed by atoms with Crippen molar-refractivity contribution in [3.63, 3.8) is 0 Å². The Morgan fingerprint density at radius 3 is 2.03 bits per heavy atom. The van der Waals surface area contributed by atoms with E-state index in [1.165, 1.54) is 0 Å². The Hall–Kier alpha value is -3.45. The Morgan fingerprint density at radius 1 is 1.03 bits per heavy atom. The molecule has 0 fully saturated rings. The van der Waals surface area contributed by atoms with E-state index in [-0.39, 0.29) is 12.0 Å². The number of alkyl carbamates (subject to hydrolysis) is 1. The summed E-state index contributed by atoms with van der Waals surface area (Å²) in [4.78, 5) is 40.1. The Morgan fingerprint density at radius 2 is 1.61 bits per heavy atom. The van der Waals surface area contributed by atoms with Gasteiger partial charge in [0.05, 0.1) is 0 Å². The van der Waals surface area contributed by atoms with Crippen LogP contribution in [0.3, 0.4) is 0 Å². The molecule has 0 saturated carbocycles. The van der Waals surface area contributed by atoms with Gasteiger partial charge in [0.15, 0.2) is 0 Å². The highest BCUT2D eigenvalue weighted by molar-refractivity contribution is 5.93. The predicted molar refractivity (Wildman–Crippen MR) is 129 cm³/mol. The van der Waals surface area contributed by atoms with Crippen molar-refractivity contribution < 1.29 is 19.1 Å². The van der Waals surface area contributed by atoms with E-state index in [1.54, 1.807) is 45.0 Å². The van der Waals surface area contributed by atoms with Crippen LogP contribution in [-0.4, -0.2) is 40.5 Å². The van der Waals surface area contributed by atoms with E-state index in [0.29, 0.717) is 17.5 Å². The summed E-state index contributed by atoms with van der Waals surface area (Å²) in [5.74, 6) is 1.56. The lowest BCUT2D eigenvalue weighted by atomic mass is 9.99. The number of nitrogens with one attached hydrogen (secondary N) is 2. The first-order valence-electron chi connectivity index (χ1n) is 10.9. The van der Waals surface area contributed by atoms with Crippen molar-refractivity contribution >= 4 is 17.9 Å². The molecular formula is C26H35N3O4. The molecule has 0 aliphatic rings. The van der Waals surface area contributed by atoms with Crippen molar-refractivity contribution in [3.8, 4) is 24.8 Å². The number of benzene rings is 1. The molecule has 0 radical (unpaired) electrons. The van der Waals surface area contributed by atoms with Crippen LogP contribution in [0, 0.1) is 30.7 Å². The van der Waals surface area contributed by atoms with E-state index < -0.39 is 35.6 Å². The highest BCUT2D eigenvalue weighted by Gasteiger charge is 2.36. The number of hydrogen-bond donors (Lipinski definition) is 2. The van der Waals surface area contributed by atoms with Crippen molar-refractivity contribution in [2.45, 2.75) is 78.6 Å². The Bertz CT molecular complexity index is 915. The first kappa shape index (κ1) is 27.6. The lowest BCUT2D eigenvalue weighted by Gasteiger charge is -2.31. The smallest absolute Gasteiger partial charge is 0.408 e. The highest BCUT2D eigenvalue weighted by atomic mass is 16.6. The summed E-state index contributed by atoms with van der Waals surface area (Å²) >= 11 is 0. The van der Waals surface area contributed by atoms with Crippen LogP contribution in [0.4, 0.5) is 4.79 Å². The van der Waals surface area contributed by atoms with Crippen LogP contribution in [0.5, 0.6) is 0 Å². The molecule has 7 nitrogen and oxygen atoms in total. The van der Waals surface area contributed by atoms with Gasteiger partial charge in [-0.1, -0.05) is 38.3 Å². The molecule has 7 heteroatoms. The second kappa shape index (κ2) is 12.0. The van der Waals surface area contributed by atoms with Crippen LogP contribution in [0.15, 0.2) is 24.3 Å². The summed E-state index contributed by atoms with van der Waals surface area (Å²) in [5.41, 5.74) is 0.392. The third kappa shape index (κ3) is 8.90. The molecule has 0 heterocycles. The normalized spacial score (nSPS) is 12.8. The fraction of sp³-hybridized carbons (Fsp3) is 0.500. The number of nitrogens with zero attached hydrogens (tertiary/aromatic N) is 1. The average Bonchev–Trinajstić information content (AvgIpc) is 2.68. The Balaban J connectivity index is 3.37.